The summed E-state index contributed by atoms with van der Waals surface area (Å²) < 4.78 is 10.3. The number of esters is 1. The standard InChI is InChI=1S/C18H19N3O4S/c1-4-25-18(23)15-10(2)14-16(22)20-13(21-17(14)26-15)9-19-11-7-5-6-8-12(11)24-3/h5-8,19H,4,9H2,1-3H3,(H,20,21,22). The SMILES string of the molecule is CCOC(=O)c1sc2nc(CNc3ccccc3OC)[nH]c(=O)c2c1C. The summed E-state index contributed by atoms with van der Waals surface area (Å²) in [5.74, 6) is 0.749. The van der Waals surface area contributed by atoms with Gasteiger partial charge in [-0.15, -0.1) is 11.3 Å². The molecule has 0 fully saturated rings. The predicted octanol–water partition coefficient (Wildman–Crippen LogP) is 3.09. The van der Waals surface area contributed by atoms with Crippen LogP contribution in [0.4, 0.5) is 5.69 Å². The molecular formula is C18H19N3O4S. The summed E-state index contributed by atoms with van der Waals surface area (Å²) in [6.45, 7) is 4.07. The largest absolute Gasteiger partial charge is 0.495 e. The molecule has 8 heteroatoms. The van der Waals surface area contributed by atoms with Gasteiger partial charge >= 0.3 is 5.97 Å². The number of aromatic amines is 1. The van der Waals surface area contributed by atoms with Crippen molar-refractivity contribution in [1.82, 2.24) is 9.97 Å². The van der Waals surface area contributed by atoms with Crippen molar-refractivity contribution in [3.63, 3.8) is 0 Å². The van der Waals surface area contributed by atoms with Gasteiger partial charge in [-0.1, -0.05) is 12.1 Å². The molecule has 3 aromatic rings. The van der Waals surface area contributed by atoms with Gasteiger partial charge in [0.1, 0.15) is 21.3 Å². The number of thiophene rings is 1. The number of rotatable bonds is 6. The van der Waals surface area contributed by atoms with Gasteiger partial charge < -0.3 is 19.8 Å². The lowest BCUT2D eigenvalue weighted by Gasteiger charge is -2.10. The normalized spacial score (nSPS) is 10.7. The molecule has 0 radical (unpaired) electrons. The fraction of sp³-hybridized carbons (Fsp3) is 0.278. The van der Waals surface area contributed by atoms with Crippen molar-refractivity contribution < 1.29 is 14.3 Å². The number of aryl methyl sites for hydroxylation is 1. The Morgan fingerprint density at radius 2 is 2.12 bits per heavy atom. The summed E-state index contributed by atoms with van der Waals surface area (Å²) >= 11 is 1.17. The van der Waals surface area contributed by atoms with Crippen LogP contribution in [0.5, 0.6) is 5.75 Å². The number of benzene rings is 1. The number of methoxy groups -OCH3 is 1. The number of H-pyrrole nitrogens is 1. The molecule has 0 aliphatic rings. The zero-order valence-electron chi connectivity index (χ0n) is 14.7. The minimum atomic E-state index is -0.430. The first-order chi connectivity index (χ1) is 12.5. The van der Waals surface area contributed by atoms with Crippen LogP contribution < -0.4 is 15.6 Å². The number of fused-ring (bicyclic) bond motifs is 1. The monoisotopic (exact) mass is 373 g/mol. The second kappa shape index (κ2) is 7.57. The third-order valence-electron chi connectivity index (χ3n) is 3.86. The molecule has 2 N–H and O–H groups in total. The molecule has 0 bridgehead atoms. The highest BCUT2D eigenvalue weighted by atomic mass is 32.1. The van der Waals surface area contributed by atoms with Crippen molar-refractivity contribution in [2.24, 2.45) is 0 Å². The lowest BCUT2D eigenvalue weighted by Crippen LogP contribution is -2.14. The minimum absolute atomic E-state index is 0.267. The van der Waals surface area contributed by atoms with E-state index in [4.69, 9.17) is 9.47 Å². The maximum Gasteiger partial charge on any atom is 0.348 e. The highest BCUT2D eigenvalue weighted by Crippen LogP contribution is 2.28. The Morgan fingerprint density at radius 3 is 2.85 bits per heavy atom. The molecular weight excluding hydrogens is 354 g/mol. The zero-order chi connectivity index (χ0) is 18.7. The van der Waals surface area contributed by atoms with E-state index < -0.39 is 5.97 Å². The number of ether oxygens (including phenoxy) is 2. The topological polar surface area (TPSA) is 93.3 Å². The fourth-order valence-corrected chi connectivity index (χ4v) is 3.73. The Bertz CT molecular complexity index is 1010. The average Bonchev–Trinajstić information content (AvgIpc) is 2.97. The number of hydrogen-bond donors (Lipinski definition) is 2. The molecule has 0 amide bonds. The second-order valence-corrected chi connectivity index (χ2v) is 6.52. The first-order valence-electron chi connectivity index (χ1n) is 8.11. The van der Waals surface area contributed by atoms with E-state index >= 15 is 0 Å². The second-order valence-electron chi connectivity index (χ2n) is 5.52. The summed E-state index contributed by atoms with van der Waals surface area (Å²) in [7, 11) is 1.60. The number of nitrogens with zero attached hydrogens (tertiary/aromatic N) is 1. The van der Waals surface area contributed by atoms with Crippen LogP contribution in [0, 0.1) is 6.92 Å². The van der Waals surface area contributed by atoms with E-state index in [1.165, 1.54) is 11.3 Å². The molecule has 2 aromatic heterocycles. The van der Waals surface area contributed by atoms with Crippen LogP contribution in [0.1, 0.15) is 28.0 Å². The summed E-state index contributed by atoms with van der Waals surface area (Å²) in [5.41, 5.74) is 1.13. The molecule has 0 aliphatic carbocycles. The van der Waals surface area contributed by atoms with Crippen LogP contribution in [0.3, 0.4) is 0 Å². The van der Waals surface area contributed by atoms with E-state index in [1.807, 2.05) is 24.3 Å². The fourth-order valence-electron chi connectivity index (χ4n) is 2.63. The van der Waals surface area contributed by atoms with Crippen LogP contribution in [-0.4, -0.2) is 29.7 Å². The molecule has 0 aliphatic heterocycles. The van der Waals surface area contributed by atoms with Crippen LogP contribution in [0.15, 0.2) is 29.1 Å². The van der Waals surface area contributed by atoms with Crippen LogP contribution in [0.25, 0.3) is 10.2 Å². The molecule has 0 saturated heterocycles. The maximum absolute atomic E-state index is 12.5. The van der Waals surface area contributed by atoms with Crippen LogP contribution >= 0.6 is 11.3 Å². The summed E-state index contributed by atoms with van der Waals surface area (Å²) in [5, 5.41) is 3.62. The molecule has 0 unspecified atom stereocenters. The smallest absolute Gasteiger partial charge is 0.348 e. The summed E-state index contributed by atoms with van der Waals surface area (Å²) in [6, 6.07) is 7.49. The third-order valence-corrected chi connectivity index (χ3v) is 5.03. The van der Waals surface area contributed by atoms with Crippen LogP contribution in [-0.2, 0) is 11.3 Å². The van der Waals surface area contributed by atoms with E-state index in [9.17, 15) is 9.59 Å². The quantitative estimate of drug-likeness (QED) is 0.645. The molecule has 136 valence electrons. The first-order valence-corrected chi connectivity index (χ1v) is 8.93. The van der Waals surface area contributed by atoms with E-state index in [0.29, 0.717) is 38.8 Å². The Morgan fingerprint density at radius 1 is 1.35 bits per heavy atom. The van der Waals surface area contributed by atoms with E-state index in [2.05, 4.69) is 15.3 Å². The van der Waals surface area contributed by atoms with Gasteiger partial charge in [0, 0.05) is 0 Å². The third kappa shape index (κ3) is 3.41. The number of para-hydroxylation sites is 2. The van der Waals surface area contributed by atoms with Crippen molar-refractivity contribution >= 4 is 33.2 Å². The highest BCUT2D eigenvalue weighted by molar-refractivity contribution is 7.20. The lowest BCUT2D eigenvalue weighted by atomic mass is 10.2. The highest BCUT2D eigenvalue weighted by Gasteiger charge is 2.20. The number of carbonyl (C=O) groups excluding carboxylic acids is 1. The van der Waals surface area contributed by atoms with Crippen LogP contribution in [0.2, 0.25) is 0 Å². The van der Waals surface area contributed by atoms with Gasteiger partial charge in [0.25, 0.3) is 5.56 Å². The Hall–Kier alpha value is -2.87. The molecule has 3 rings (SSSR count). The zero-order valence-corrected chi connectivity index (χ0v) is 15.5. The van der Waals surface area contributed by atoms with Gasteiger partial charge in [-0.3, -0.25) is 4.79 Å². The molecule has 0 atom stereocenters. The number of anilines is 1. The van der Waals surface area contributed by atoms with E-state index in [1.54, 1.807) is 21.0 Å². The molecule has 2 heterocycles. The number of carbonyl (C=O) groups is 1. The van der Waals surface area contributed by atoms with Gasteiger partial charge in [0.15, 0.2) is 0 Å². The predicted molar refractivity (Wildman–Crippen MR) is 101 cm³/mol. The van der Waals surface area contributed by atoms with Gasteiger partial charge in [0.2, 0.25) is 0 Å². The number of aromatic nitrogens is 2. The minimum Gasteiger partial charge on any atom is -0.495 e. The van der Waals surface area contributed by atoms with Gasteiger partial charge in [0.05, 0.1) is 31.3 Å². The lowest BCUT2D eigenvalue weighted by molar-refractivity contribution is 0.0531. The summed E-state index contributed by atoms with van der Waals surface area (Å²) in [4.78, 5) is 32.7. The van der Waals surface area contributed by atoms with E-state index in [-0.39, 0.29) is 12.2 Å². The molecule has 7 nitrogen and oxygen atoms in total. The maximum atomic E-state index is 12.5. The summed E-state index contributed by atoms with van der Waals surface area (Å²) in [6.07, 6.45) is 0. The van der Waals surface area contributed by atoms with Gasteiger partial charge in [-0.25, -0.2) is 9.78 Å². The van der Waals surface area contributed by atoms with Gasteiger partial charge in [-0.2, -0.15) is 0 Å². The van der Waals surface area contributed by atoms with Crippen molar-refractivity contribution in [2.45, 2.75) is 20.4 Å². The molecule has 1 aromatic carbocycles. The van der Waals surface area contributed by atoms with E-state index in [0.717, 1.165) is 5.69 Å². The number of hydrogen-bond acceptors (Lipinski definition) is 7. The Balaban J connectivity index is 1.91. The Kier molecular flexibility index (Phi) is 5.22. The first kappa shape index (κ1) is 17.9. The average molecular weight is 373 g/mol. The molecule has 26 heavy (non-hydrogen) atoms. The van der Waals surface area contributed by atoms with Crippen molar-refractivity contribution in [2.75, 3.05) is 19.0 Å². The molecule has 0 spiro atoms. The van der Waals surface area contributed by atoms with Crippen molar-refractivity contribution in [1.29, 1.82) is 0 Å². The van der Waals surface area contributed by atoms with Gasteiger partial charge in [-0.05, 0) is 31.5 Å². The van der Waals surface area contributed by atoms with Crippen molar-refractivity contribution in [3.8, 4) is 5.75 Å². The number of nitrogens with one attached hydrogen (secondary N) is 2. The molecule has 0 saturated carbocycles. The van der Waals surface area contributed by atoms with Crippen molar-refractivity contribution in [3.05, 3.63) is 50.9 Å². The Labute approximate surface area is 154 Å².